The number of fused-ring (bicyclic) bond motifs is 1. The number of carbonyl (C=O) groups is 1. The molecule has 1 heterocycles. The smallest absolute Gasteiger partial charge is 0.261 e. The number of piperidine rings is 1. The van der Waals surface area contributed by atoms with Gasteiger partial charge in [-0.25, -0.2) is 0 Å². The molecule has 0 unspecified atom stereocenters. The molecule has 4 heteroatoms. The molecule has 2 aromatic carbocycles. The van der Waals surface area contributed by atoms with Gasteiger partial charge in [-0.15, -0.1) is 0 Å². The minimum Gasteiger partial charge on any atom is -0.481 e. The van der Waals surface area contributed by atoms with Gasteiger partial charge in [0, 0.05) is 6.54 Å². The summed E-state index contributed by atoms with van der Waals surface area (Å²) >= 11 is 0. The Morgan fingerprint density at radius 3 is 2.67 bits per heavy atom. The third kappa shape index (κ3) is 5.70. The fourth-order valence-corrected chi connectivity index (χ4v) is 3.64. The van der Waals surface area contributed by atoms with Crippen molar-refractivity contribution in [3.05, 3.63) is 42.5 Å². The largest absolute Gasteiger partial charge is 0.481 e. The van der Waals surface area contributed by atoms with Crippen molar-refractivity contribution in [3.63, 3.8) is 0 Å². The quantitative estimate of drug-likeness (QED) is 0.709. The van der Waals surface area contributed by atoms with E-state index in [4.69, 9.17) is 4.74 Å². The van der Waals surface area contributed by atoms with E-state index >= 15 is 0 Å². The van der Waals surface area contributed by atoms with Crippen LogP contribution in [0, 0.1) is 5.92 Å². The second-order valence-corrected chi connectivity index (χ2v) is 7.69. The average molecular weight is 369 g/mol. The molecule has 0 saturated carbocycles. The summed E-state index contributed by atoms with van der Waals surface area (Å²) in [7, 11) is 0. The lowest BCUT2D eigenvalue weighted by atomic mass is 9.99. The molecule has 146 valence electrons. The van der Waals surface area contributed by atoms with Gasteiger partial charge in [0.15, 0.2) is 6.10 Å². The fourth-order valence-electron chi connectivity index (χ4n) is 3.64. The van der Waals surface area contributed by atoms with Crippen molar-refractivity contribution >= 4 is 16.7 Å². The summed E-state index contributed by atoms with van der Waals surface area (Å²) in [4.78, 5) is 15.0. The molecule has 0 aliphatic carbocycles. The van der Waals surface area contributed by atoms with Crippen molar-refractivity contribution < 1.29 is 9.53 Å². The minimum absolute atomic E-state index is 0.0158. The first kappa shape index (κ1) is 19.7. The highest BCUT2D eigenvalue weighted by Crippen LogP contribution is 2.22. The van der Waals surface area contributed by atoms with Crippen molar-refractivity contribution in [1.82, 2.24) is 10.2 Å². The van der Waals surface area contributed by atoms with E-state index in [1.807, 2.05) is 37.3 Å². The van der Waals surface area contributed by atoms with Crippen LogP contribution < -0.4 is 10.1 Å². The Labute approximate surface area is 162 Å². The second-order valence-electron chi connectivity index (χ2n) is 7.69. The highest BCUT2D eigenvalue weighted by molar-refractivity contribution is 5.84. The molecule has 0 aromatic heterocycles. The van der Waals surface area contributed by atoms with Crippen molar-refractivity contribution in [2.24, 2.45) is 5.92 Å². The lowest BCUT2D eigenvalue weighted by molar-refractivity contribution is -0.128. The summed E-state index contributed by atoms with van der Waals surface area (Å²) in [5.74, 6) is 1.59. The monoisotopic (exact) mass is 368 g/mol. The van der Waals surface area contributed by atoms with Gasteiger partial charge in [0.25, 0.3) is 5.91 Å². The number of carbonyl (C=O) groups excluding carboxylic acids is 1. The van der Waals surface area contributed by atoms with Gasteiger partial charge in [0.05, 0.1) is 0 Å². The van der Waals surface area contributed by atoms with Crippen molar-refractivity contribution in [1.29, 1.82) is 0 Å². The van der Waals surface area contributed by atoms with E-state index in [-0.39, 0.29) is 5.91 Å². The highest BCUT2D eigenvalue weighted by Gasteiger charge is 2.19. The number of hydrogen-bond acceptors (Lipinski definition) is 3. The fraction of sp³-hybridized carbons (Fsp3) is 0.522. The van der Waals surface area contributed by atoms with Crippen LogP contribution in [0.4, 0.5) is 0 Å². The van der Waals surface area contributed by atoms with Gasteiger partial charge in [0.1, 0.15) is 5.75 Å². The Balaban J connectivity index is 1.44. The van der Waals surface area contributed by atoms with Crippen LogP contribution in [0.2, 0.25) is 0 Å². The zero-order valence-corrected chi connectivity index (χ0v) is 16.6. The molecule has 1 N–H and O–H groups in total. The number of nitrogens with one attached hydrogen (secondary N) is 1. The van der Waals surface area contributed by atoms with Crippen LogP contribution in [0.25, 0.3) is 10.8 Å². The predicted octanol–water partition coefficient (Wildman–Crippen LogP) is 4.24. The van der Waals surface area contributed by atoms with Gasteiger partial charge in [0.2, 0.25) is 0 Å². The Kier molecular flexibility index (Phi) is 7.11. The molecule has 1 saturated heterocycles. The average Bonchev–Trinajstić information content (AvgIpc) is 2.70. The molecule has 1 atom stereocenters. The first-order valence-electron chi connectivity index (χ1n) is 10.3. The van der Waals surface area contributed by atoms with E-state index in [1.165, 1.54) is 31.3 Å². The molecule has 0 bridgehead atoms. The molecule has 27 heavy (non-hydrogen) atoms. The third-order valence-corrected chi connectivity index (χ3v) is 5.49. The zero-order valence-electron chi connectivity index (χ0n) is 16.6. The number of amides is 1. The van der Waals surface area contributed by atoms with Crippen LogP contribution in [0.5, 0.6) is 5.75 Å². The first-order valence-corrected chi connectivity index (χ1v) is 10.3. The van der Waals surface area contributed by atoms with Crippen LogP contribution in [0.15, 0.2) is 42.5 Å². The molecule has 1 aliphatic heterocycles. The lowest BCUT2D eigenvalue weighted by Gasteiger charge is -2.30. The molecule has 0 spiro atoms. The lowest BCUT2D eigenvalue weighted by Crippen LogP contribution is -2.40. The third-order valence-electron chi connectivity index (χ3n) is 5.49. The zero-order chi connectivity index (χ0) is 19.1. The van der Waals surface area contributed by atoms with Gasteiger partial charge in [-0.2, -0.15) is 0 Å². The van der Waals surface area contributed by atoms with Crippen molar-refractivity contribution in [2.75, 3.05) is 26.2 Å². The summed E-state index contributed by atoms with van der Waals surface area (Å²) < 4.78 is 5.97. The van der Waals surface area contributed by atoms with E-state index < -0.39 is 6.10 Å². The summed E-state index contributed by atoms with van der Waals surface area (Å²) in [5.41, 5.74) is 0. The van der Waals surface area contributed by atoms with Crippen LogP contribution in [-0.2, 0) is 4.79 Å². The normalized spacial score (nSPS) is 17.0. The van der Waals surface area contributed by atoms with E-state index in [9.17, 15) is 4.79 Å². The molecular formula is C23H32N2O2. The van der Waals surface area contributed by atoms with Crippen molar-refractivity contribution in [3.8, 4) is 5.75 Å². The standard InChI is InChI=1S/C23H32N2O2/c1-3-22(27-21-10-9-19-7-4-5-8-20(19)17-21)23(26)24-13-6-14-25-15-11-18(2)12-16-25/h4-5,7-10,17-18,22H,3,6,11-16H2,1-2H3,(H,24,26)/t22-/m0/s1. The summed E-state index contributed by atoms with van der Waals surface area (Å²) in [6.45, 7) is 8.48. The molecule has 1 amide bonds. The minimum atomic E-state index is -0.443. The van der Waals surface area contributed by atoms with E-state index in [0.717, 1.165) is 30.0 Å². The Morgan fingerprint density at radius 2 is 1.93 bits per heavy atom. The molecule has 1 fully saturated rings. The first-order chi connectivity index (χ1) is 13.2. The number of hydrogen-bond donors (Lipinski definition) is 1. The molecule has 1 aliphatic rings. The second kappa shape index (κ2) is 9.75. The summed E-state index contributed by atoms with van der Waals surface area (Å²) in [5, 5.41) is 5.35. The SMILES string of the molecule is CC[C@H](Oc1ccc2ccccc2c1)C(=O)NCCCN1CCC(C)CC1. The number of benzene rings is 2. The van der Waals surface area contributed by atoms with Crippen molar-refractivity contribution in [2.45, 2.75) is 45.6 Å². The maximum Gasteiger partial charge on any atom is 0.261 e. The number of rotatable bonds is 8. The molecular weight excluding hydrogens is 336 g/mol. The van der Waals surface area contributed by atoms with Gasteiger partial charge < -0.3 is 15.0 Å². The van der Waals surface area contributed by atoms with Gasteiger partial charge in [-0.3, -0.25) is 4.79 Å². The van der Waals surface area contributed by atoms with Crippen LogP contribution in [-0.4, -0.2) is 43.1 Å². The van der Waals surface area contributed by atoms with Crippen LogP contribution in [0.1, 0.15) is 39.5 Å². The molecule has 4 nitrogen and oxygen atoms in total. The van der Waals surface area contributed by atoms with Gasteiger partial charge in [-0.05, 0) is 74.1 Å². The van der Waals surface area contributed by atoms with E-state index in [0.29, 0.717) is 13.0 Å². The molecule has 3 rings (SSSR count). The Hall–Kier alpha value is -2.07. The van der Waals surface area contributed by atoms with Gasteiger partial charge >= 0.3 is 0 Å². The molecule has 0 radical (unpaired) electrons. The van der Waals surface area contributed by atoms with E-state index in [1.54, 1.807) is 0 Å². The van der Waals surface area contributed by atoms with Gasteiger partial charge in [-0.1, -0.05) is 44.2 Å². The Morgan fingerprint density at radius 1 is 1.19 bits per heavy atom. The van der Waals surface area contributed by atoms with Crippen LogP contribution >= 0.6 is 0 Å². The predicted molar refractivity (Wildman–Crippen MR) is 111 cm³/mol. The van der Waals surface area contributed by atoms with Crippen LogP contribution in [0.3, 0.4) is 0 Å². The highest BCUT2D eigenvalue weighted by atomic mass is 16.5. The summed E-state index contributed by atoms with van der Waals surface area (Å²) in [6, 6.07) is 14.2. The maximum atomic E-state index is 12.5. The Bertz CT molecular complexity index is 738. The van der Waals surface area contributed by atoms with E-state index in [2.05, 4.69) is 29.3 Å². The summed E-state index contributed by atoms with van der Waals surface area (Å²) in [6.07, 6.45) is 3.80. The number of nitrogens with zero attached hydrogens (tertiary/aromatic N) is 1. The maximum absolute atomic E-state index is 12.5. The topological polar surface area (TPSA) is 41.6 Å². The number of likely N-dealkylation sites (tertiary alicyclic amines) is 1. The number of ether oxygens (including phenoxy) is 1. The molecule has 2 aromatic rings.